The molecule has 2 aliphatic rings. The van der Waals surface area contributed by atoms with Gasteiger partial charge in [-0.2, -0.15) is 0 Å². The highest BCUT2D eigenvalue weighted by Crippen LogP contribution is 2.44. The monoisotopic (exact) mass is 450 g/mol. The van der Waals surface area contributed by atoms with Crippen LogP contribution in [-0.2, 0) is 14.3 Å². The maximum Gasteiger partial charge on any atom is 0.407 e. The molecule has 2 aliphatic carbocycles. The molecule has 0 aliphatic heterocycles. The zero-order valence-corrected chi connectivity index (χ0v) is 18.8. The second kappa shape index (κ2) is 9.65. The molecule has 0 saturated heterocycles. The van der Waals surface area contributed by atoms with Gasteiger partial charge in [0.05, 0.1) is 0 Å². The zero-order chi connectivity index (χ0) is 23.4. The number of benzene rings is 2. The molecule has 174 valence electrons. The molecule has 0 heterocycles. The SMILES string of the molecule is CCCC[C@@H](CC(=O)NC1(C(=O)O)CC1)NC(=O)OCC1c2ccccc2-c2ccccc21. The van der Waals surface area contributed by atoms with Gasteiger partial charge >= 0.3 is 12.1 Å². The Morgan fingerprint density at radius 2 is 1.67 bits per heavy atom. The van der Waals surface area contributed by atoms with Gasteiger partial charge in [-0.1, -0.05) is 68.3 Å². The van der Waals surface area contributed by atoms with Crippen LogP contribution >= 0.6 is 0 Å². The standard InChI is InChI=1S/C26H30N2O5/c1-2-3-8-17(15-23(29)28-26(13-14-26)24(30)31)27-25(32)33-16-22-20-11-6-4-9-18(20)19-10-5-7-12-21(19)22/h4-7,9-12,17,22H,2-3,8,13-16H2,1H3,(H,27,32)(H,28,29)(H,30,31)/t17-/m0/s1. The fourth-order valence-electron chi connectivity index (χ4n) is 4.54. The van der Waals surface area contributed by atoms with Crippen molar-refractivity contribution in [1.82, 2.24) is 10.6 Å². The van der Waals surface area contributed by atoms with E-state index in [-0.39, 0.29) is 24.9 Å². The summed E-state index contributed by atoms with van der Waals surface area (Å²) in [4.78, 5) is 36.4. The smallest absolute Gasteiger partial charge is 0.407 e. The summed E-state index contributed by atoms with van der Waals surface area (Å²) in [5.41, 5.74) is 3.46. The van der Waals surface area contributed by atoms with Crippen molar-refractivity contribution in [2.75, 3.05) is 6.61 Å². The number of carboxylic acid groups (broad SMARTS) is 1. The number of fused-ring (bicyclic) bond motifs is 3. The van der Waals surface area contributed by atoms with Crippen molar-refractivity contribution in [3.8, 4) is 11.1 Å². The number of aliphatic carboxylic acids is 1. The molecule has 3 N–H and O–H groups in total. The quantitative estimate of drug-likeness (QED) is 0.503. The number of hydrogen-bond acceptors (Lipinski definition) is 4. The van der Waals surface area contributed by atoms with E-state index >= 15 is 0 Å². The number of amides is 2. The molecule has 1 atom stereocenters. The van der Waals surface area contributed by atoms with Gasteiger partial charge in [-0.05, 0) is 41.5 Å². The summed E-state index contributed by atoms with van der Waals surface area (Å²) in [6.45, 7) is 2.24. The van der Waals surface area contributed by atoms with E-state index in [1.165, 1.54) is 0 Å². The van der Waals surface area contributed by atoms with Crippen LogP contribution in [0.5, 0.6) is 0 Å². The first kappa shape index (κ1) is 22.8. The molecule has 2 aromatic rings. The molecule has 7 heteroatoms. The third kappa shape index (κ3) is 5.02. The van der Waals surface area contributed by atoms with Crippen molar-refractivity contribution in [3.05, 3.63) is 59.7 Å². The highest BCUT2D eigenvalue weighted by Gasteiger charge is 2.51. The molecular weight excluding hydrogens is 420 g/mol. The molecule has 0 bridgehead atoms. The Labute approximate surface area is 193 Å². The highest BCUT2D eigenvalue weighted by atomic mass is 16.5. The number of alkyl carbamates (subject to hydrolysis) is 1. The maximum absolute atomic E-state index is 12.6. The molecule has 1 fully saturated rings. The molecule has 2 amide bonds. The van der Waals surface area contributed by atoms with Crippen LogP contribution in [0.25, 0.3) is 11.1 Å². The summed E-state index contributed by atoms with van der Waals surface area (Å²) < 4.78 is 5.61. The Morgan fingerprint density at radius 1 is 1.06 bits per heavy atom. The summed E-state index contributed by atoms with van der Waals surface area (Å²) in [6, 6.07) is 15.9. The summed E-state index contributed by atoms with van der Waals surface area (Å²) >= 11 is 0. The minimum atomic E-state index is -1.13. The van der Waals surface area contributed by atoms with Crippen LogP contribution in [0.4, 0.5) is 4.79 Å². The number of hydrogen-bond donors (Lipinski definition) is 3. The third-order valence-corrected chi connectivity index (χ3v) is 6.54. The first-order valence-electron chi connectivity index (χ1n) is 11.6. The van der Waals surface area contributed by atoms with Gasteiger partial charge in [-0.3, -0.25) is 4.79 Å². The summed E-state index contributed by atoms with van der Waals surface area (Å²) in [5, 5.41) is 14.7. The number of nitrogens with one attached hydrogen (secondary N) is 2. The number of carboxylic acids is 1. The fraction of sp³-hybridized carbons (Fsp3) is 0.423. The average Bonchev–Trinajstić information content (AvgIpc) is 3.52. The lowest BCUT2D eigenvalue weighted by atomic mass is 9.98. The Morgan fingerprint density at radius 3 is 2.21 bits per heavy atom. The molecule has 0 aromatic heterocycles. The van der Waals surface area contributed by atoms with Crippen molar-refractivity contribution < 1.29 is 24.2 Å². The average molecular weight is 451 g/mol. The summed E-state index contributed by atoms with van der Waals surface area (Å²) in [5.74, 6) is -1.41. The molecule has 7 nitrogen and oxygen atoms in total. The number of ether oxygens (including phenoxy) is 1. The Balaban J connectivity index is 1.36. The molecule has 0 radical (unpaired) electrons. The van der Waals surface area contributed by atoms with E-state index in [0.29, 0.717) is 19.3 Å². The highest BCUT2D eigenvalue weighted by molar-refractivity contribution is 5.90. The first-order chi connectivity index (χ1) is 15.9. The topological polar surface area (TPSA) is 105 Å². The maximum atomic E-state index is 12.6. The van der Waals surface area contributed by atoms with Crippen LogP contribution in [0.3, 0.4) is 0 Å². The van der Waals surface area contributed by atoms with Gasteiger partial charge in [0, 0.05) is 18.4 Å². The van der Waals surface area contributed by atoms with Crippen molar-refractivity contribution in [3.63, 3.8) is 0 Å². The van der Waals surface area contributed by atoms with Crippen LogP contribution in [0.1, 0.15) is 62.5 Å². The zero-order valence-electron chi connectivity index (χ0n) is 18.8. The van der Waals surface area contributed by atoms with Gasteiger partial charge in [-0.25, -0.2) is 9.59 Å². The summed E-state index contributed by atoms with van der Waals surface area (Å²) in [6.07, 6.45) is 2.72. The van der Waals surface area contributed by atoms with E-state index in [1.807, 2.05) is 31.2 Å². The lowest BCUT2D eigenvalue weighted by molar-refractivity contribution is -0.143. The van der Waals surface area contributed by atoms with Crippen LogP contribution in [0, 0.1) is 0 Å². The lowest BCUT2D eigenvalue weighted by Gasteiger charge is -2.21. The van der Waals surface area contributed by atoms with Gasteiger partial charge in [0.25, 0.3) is 0 Å². The van der Waals surface area contributed by atoms with E-state index < -0.39 is 23.6 Å². The van der Waals surface area contributed by atoms with Gasteiger partial charge in [0.1, 0.15) is 12.1 Å². The summed E-state index contributed by atoms with van der Waals surface area (Å²) in [7, 11) is 0. The van der Waals surface area contributed by atoms with E-state index in [9.17, 15) is 19.5 Å². The molecule has 33 heavy (non-hydrogen) atoms. The normalized spacial score (nSPS) is 16.3. The predicted molar refractivity (Wildman–Crippen MR) is 124 cm³/mol. The van der Waals surface area contributed by atoms with Crippen LogP contribution in [0.2, 0.25) is 0 Å². The van der Waals surface area contributed by atoms with Crippen LogP contribution < -0.4 is 10.6 Å². The van der Waals surface area contributed by atoms with E-state index in [0.717, 1.165) is 35.1 Å². The number of carbonyl (C=O) groups excluding carboxylic acids is 2. The van der Waals surface area contributed by atoms with Gasteiger partial charge in [-0.15, -0.1) is 0 Å². The van der Waals surface area contributed by atoms with E-state index in [2.05, 4.69) is 34.9 Å². The van der Waals surface area contributed by atoms with E-state index in [1.54, 1.807) is 0 Å². The lowest BCUT2D eigenvalue weighted by Crippen LogP contribution is -2.46. The minimum Gasteiger partial charge on any atom is -0.480 e. The second-order valence-electron chi connectivity index (χ2n) is 8.95. The molecular formula is C26H30N2O5. The van der Waals surface area contributed by atoms with Crippen molar-refractivity contribution in [2.45, 2.75) is 62.9 Å². The third-order valence-electron chi connectivity index (χ3n) is 6.54. The first-order valence-corrected chi connectivity index (χ1v) is 11.6. The fourth-order valence-corrected chi connectivity index (χ4v) is 4.54. The van der Waals surface area contributed by atoms with Gasteiger partial charge in [0.15, 0.2) is 0 Å². The van der Waals surface area contributed by atoms with E-state index in [4.69, 9.17) is 4.74 Å². The van der Waals surface area contributed by atoms with Crippen LogP contribution in [0.15, 0.2) is 48.5 Å². The molecule has 1 saturated carbocycles. The number of carbonyl (C=O) groups is 3. The Kier molecular flexibility index (Phi) is 6.67. The Hall–Kier alpha value is -3.35. The van der Waals surface area contributed by atoms with Gasteiger partial charge in [0.2, 0.25) is 5.91 Å². The predicted octanol–water partition coefficient (Wildman–Crippen LogP) is 4.21. The largest absolute Gasteiger partial charge is 0.480 e. The Bertz CT molecular complexity index is 1000. The second-order valence-corrected chi connectivity index (χ2v) is 8.95. The number of rotatable bonds is 10. The minimum absolute atomic E-state index is 0.0270. The molecule has 4 rings (SSSR count). The molecule has 0 unspecified atom stereocenters. The molecule has 0 spiro atoms. The van der Waals surface area contributed by atoms with Crippen molar-refractivity contribution >= 4 is 18.0 Å². The molecule has 2 aromatic carbocycles. The van der Waals surface area contributed by atoms with Crippen molar-refractivity contribution in [1.29, 1.82) is 0 Å². The van der Waals surface area contributed by atoms with Crippen LogP contribution in [-0.4, -0.2) is 41.3 Å². The van der Waals surface area contributed by atoms with Gasteiger partial charge < -0.3 is 20.5 Å². The van der Waals surface area contributed by atoms with Crippen molar-refractivity contribution in [2.24, 2.45) is 0 Å². The number of unbranched alkanes of at least 4 members (excludes halogenated alkanes) is 1.